The highest BCUT2D eigenvalue weighted by Gasteiger charge is 2.31. The largest absolute Gasteiger partial charge is 0.573 e. The number of alkyl halides is 3. The molecule has 0 fully saturated rings. The highest BCUT2D eigenvalue weighted by Crippen LogP contribution is 2.22. The molecule has 2 aromatic rings. The topological polar surface area (TPSA) is 93.7 Å². The van der Waals surface area contributed by atoms with Gasteiger partial charge in [0.2, 0.25) is 0 Å². The van der Waals surface area contributed by atoms with Crippen molar-refractivity contribution in [2.75, 3.05) is 11.9 Å². The Bertz CT molecular complexity index is 869. The smallest absolute Gasteiger partial charge is 0.452 e. The number of hydrogen-bond acceptors (Lipinski definition) is 5. The first kappa shape index (κ1) is 20.7. The summed E-state index contributed by atoms with van der Waals surface area (Å²) in [6, 6.07) is 8.00. The fourth-order valence-electron chi connectivity index (χ4n) is 1.89. The maximum Gasteiger partial charge on any atom is 0.573 e. The molecule has 0 aliphatic heterocycles. The summed E-state index contributed by atoms with van der Waals surface area (Å²) in [4.78, 5) is 34.9. The van der Waals surface area contributed by atoms with Crippen molar-refractivity contribution in [1.82, 2.24) is 5.32 Å². The van der Waals surface area contributed by atoms with Crippen molar-refractivity contribution in [3.63, 3.8) is 0 Å². The number of imide groups is 1. The fourth-order valence-corrected chi connectivity index (χ4v) is 1.89. The van der Waals surface area contributed by atoms with Gasteiger partial charge in [-0.1, -0.05) is 12.1 Å². The summed E-state index contributed by atoms with van der Waals surface area (Å²) in [5, 5.41) is 3.91. The van der Waals surface area contributed by atoms with Gasteiger partial charge in [-0.2, -0.15) is 0 Å². The molecule has 2 aromatic carbocycles. The van der Waals surface area contributed by atoms with Gasteiger partial charge in [-0.15, -0.1) is 13.2 Å². The van der Waals surface area contributed by atoms with Gasteiger partial charge in [-0.05, 0) is 36.4 Å². The van der Waals surface area contributed by atoms with E-state index >= 15 is 0 Å². The number of anilines is 1. The Kier molecular flexibility index (Phi) is 6.53. The number of carbonyl (C=O) groups excluding carboxylic acids is 3. The van der Waals surface area contributed by atoms with Crippen LogP contribution in [0.15, 0.2) is 48.5 Å². The van der Waals surface area contributed by atoms with Crippen molar-refractivity contribution in [1.29, 1.82) is 0 Å². The Morgan fingerprint density at radius 1 is 0.964 bits per heavy atom. The molecule has 0 heterocycles. The number of urea groups is 1. The zero-order valence-corrected chi connectivity index (χ0v) is 13.9. The summed E-state index contributed by atoms with van der Waals surface area (Å²) in [5.41, 5.74) is -0.302. The Balaban J connectivity index is 1.81. The molecule has 0 aliphatic carbocycles. The van der Waals surface area contributed by atoms with E-state index in [2.05, 4.69) is 14.8 Å². The summed E-state index contributed by atoms with van der Waals surface area (Å²) in [6.45, 7) is -0.843. The molecule has 11 heteroatoms. The minimum Gasteiger partial charge on any atom is -0.452 e. The van der Waals surface area contributed by atoms with Crippen LogP contribution in [0.4, 0.5) is 28.0 Å². The summed E-state index contributed by atoms with van der Waals surface area (Å²) < 4.78 is 57.9. The van der Waals surface area contributed by atoms with Crippen LogP contribution in [0, 0.1) is 5.82 Å². The van der Waals surface area contributed by atoms with Gasteiger partial charge in [0.25, 0.3) is 5.91 Å². The lowest BCUT2D eigenvalue weighted by Crippen LogP contribution is -2.37. The van der Waals surface area contributed by atoms with Crippen molar-refractivity contribution < 1.29 is 41.4 Å². The molecule has 0 atom stereocenters. The van der Waals surface area contributed by atoms with Crippen LogP contribution in [-0.2, 0) is 9.53 Å². The summed E-state index contributed by atoms with van der Waals surface area (Å²) in [6.07, 6.45) is -4.87. The van der Waals surface area contributed by atoms with Crippen LogP contribution in [-0.4, -0.2) is 30.9 Å². The average Bonchev–Trinajstić information content (AvgIpc) is 2.61. The quantitative estimate of drug-likeness (QED) is 0.594. The normalized spacial score (nSPS) is 10.7. The van der Waals surface area contributed by atoms with E-state index in [9.17, 15) is 31.9 Å². The van der Waals surface area contributed by atoms with E-state index in [-0.39, 0.29) is 11.3 Å². The zero-order valence-electron chi connectivity index (χ0n) is 13.9. The number of amides is 3. The molecule has 2 rings (SSSR count). The first-order valence-corrected chi connectivity index (χ1v) is 7.52. The Morgan fingerprint density at radius 2 is 1.61 bits per heavy atom. The van der Waals surface area contributed by atoms with Gasteiger partial charge in [-0.25, -0.2) is 14.0 Å². The van der Waals surface area contributed by atoms with E-state index in [4.69, 9.17) is 0 Å². The van der Waals surface area contributed by atoms with Crippen LogP contribution in [0.25, 0.3) is 0 Å². The van der Waals surface area contributed by atoms with Crippen molar-refractivity contribution >= 4 is 23.6 Å². The van der Waals surface area contributed by atoms with E-state index in [1.54, 1.807) is 0 Å². The first-order chi connectivity index (χ1) is 13.1. The second-order valence-corrected chi connectivity index (χ2v) is 5.13. The molecule has 0 radical (unpaired) electrons. The summed E-state index contributed by atoms with van der Waals surface area (Å²) in [5.74, 6) is -3.26. The van der Waals surface area contributed by atoms with E-state index in [0.29, 0.717) is 0 Å². The predicted molar refractivity (Wildman–Crippen MR) is 87.0 cm³/mol. The van der Waals surface area contributed by atoms with Crippen molar-refractivity contribution in [2.45, 2.75) is 6.36 Å². The first-order valence-electron chi connectivity index (χ1n) is 7.52. The van der Waals surface area contributed by atoms with Crippen molar-refractivity contribution in [3.8, 4) is 5.75 Å². The van der Waals surface area contributed by atoms with Gasteiger partial charge < -0.3 is 14.8 Å². The maximum absolute atomic E-state index is 13.4. The minimum absolute atomic E-state index is 0.141. The van der Waals surface area contributed by atoms with Crippen molar-refractivity contribution in [3.05, 3.63) is 59.9 Å². The van der Waals surface area contributed by atoms with E-state index in [0.717, 1.165) is 30.3 Å². The molecule has 3 amide bonds. The lowest BCUT2D eigenvalue weighted by molar-refractivity contribution is -0.274. The third kappa shape index (κ3) is 6.59. The molecular weight excluding hydrogens is 388 g/mol. The summed E-state index contributed by atoms with van der Waals surface area (Å²) in [7, 11) is 0. The van der Waals surface area contributed by atoms with E-state index < -0.39 is 42.4 Å². The number of para-hydroxylation sites is 1. The fraction of sp³-hybridized carbons (Fsp3) is 0.118. The molecule has 2 N–H and O–H groups in total. The molecule has 0 unspecified atom stereocenters. The van der Waals surface area contributed by atoms with Crippen LogP contribution in [0.1, 0.15) is 10.4 Å². The van der Waals surface area contributed by atoms with Crippen LogP contribution < -0.4 is 15.4 Å². The molecule has 0 spiro atoms. The standard InChI is InChI=1S/C17H12F4N2O5/c18-12-3-1-2-4-13(12)22-16(26)23-14(24)9-27-15(25)10-5-7-11(8-6-10)28-17(19,20)21/h1-8H,9H2,(H2,22,23,24,26). The molecule has 0 saturated heterocycles. The SMILES string of the molecule is O=C(COC(=O)c1ccc(OC(F)(F)F)cc1)NC(=O)Nc1ccccc1F. The second kappa shape index (κ2) is 8.84. The number of esters is 1. The average molecular weight is 400 g/mol. The minimum atomic E-state index is -4.87. The molecular formula is C17H12F4N2O5. The molecule has 0 aromatic heterocycles. The molecule has 7 nitrogen and oxygen atoms in total. The third-order valence-corrected chi connectivity index (χ3v) is 3.03. The maximum atomic E-state index is 13.4. The van der Waals surface area contributed by atoms with Gasteiger partial charge in [0, 0.05) is 0 Å². The third-order valence-electron chi connectivity index (χ3n) is 3.03. The molecule has 28 heavy (non-hydrogen) atoms. The second-order valence-electron chi connectivity index (χ2n) is 5.13. The van der Waals surface area contributed by atoms with Gasteiger partial charge in [-0.3, -0.25) is 10.1 Å². The Labute approximate surface area is 155 Å². The number of nitrogens with one attached hydrogen (secondary N) is 2. The molecule has 148 valence electrons. The zero-order chi connectivity index (χ0) is 20.7. The van der Waals surface area contributed by atoms with Crippen LogP contribution >= 0.6 is 0 Å². The molecule has 0 aliphatic rings. The van der Waals surface area contributed by atoms with Gasteiger partial charge in [0.05, 0.1) is 11.3 Å². The Hall–Kier alpha value is -3.63. The summed E-state index contributed by atoms with van der Waals surface area (Å²) >= 11 is 0. The van der Waals surface area contributed by atoms with Gasteiger partial charge >= 0.3 is 18.4 Å². The van der Waals surface area contributed by atoms with Crippen molar-refractivity contribution in [2.24, 2.45) is 0 Å². The monoisotopic (exact) mass is 400 g/mol. The van der Waals surface area contributed by atoms with E-state index in [1.807, 2.05) is 5.32 Å². The van der Waals surface area contributed by atoms with Gasteiger partial charge in [0.15, 0.2) is 6.61 Å². The van der Waals surface area contributed by atoms with Gasteiger partial charge in [0.1, 0.15) is 11.6 Å². The highest BCUT2D eigenvalue weighted by molar-refractivity contribution is 6.02. The number of ether oxygens (including phenoxy) is 2. The lowest BCUT2D eigenvalue weighted by atomic mass is 10.2. The molecule has 0 bridgehead atoms. The number of rotatable bonds is 5. The van der Waals surface area contributed by atoms with Crippen LogP contribution in [0.5, 0.6) is 5.75 Å². The predicted octanol–water partition coefficient (Wildman–Crippen LogP) is 3.23. The number of benzene rings is 2. The number of hydrogen-bond donors (Lipinski definition) is 2. The number of halogens is 4. The number of carbonyl (C=O) groups is 3. The molecule has 0 saturated carbocycles. The van der Waals surface area contributed by atoms with E-state index in [1.165, 1.54) is 18.2 Å². The lowest BCUT2D eigenvalue weighted by Gasteiger charge is -2.09. The Morgan fingerprint density at radius 3 is 2.21 bits per heavy atom. The van der Waals surface area contributed by atoms with Crippen LogP contribution in [0.2, 0.25) is 0 Å². The highest BCUT2D eigenvalue weighted by atomic mass is 19.4. The van der Waals surface area contributed by atoms with Crippen LogP contribution in [0.3, 0.4) is 0 Å².